The van der Waals surface area contributed by atoms with Crippen molar-refractivity contribution >= 4 is 28.0 Å². The van der Waals surface area contributed by atoms with E-state index < -0.39 is 0 Å². The second-order valence-electron chi connectivity index (χ2n) is 7.96. The van der Waals surface area contributed by atoms with Gasteiger partial charge in [0.2, 0.25) is 11.4 Å². The Kier molecular flexibility index (Phi) is 5.53. The van der Waals surface area contributed by atoms with E-state index in [1.54, 1.807) is 6.07 Å². The maximum atomic E-state index is 13.5. The van der Waals surface area contributed by atoms with Crippen molar-refractivity contribution in [2.24, 2.45) is 0 Å². The number of rotatable bonds is 5. The van der Waals surface area contributed by atoms with Crippen LogP contribution in [0, 0.1) is 0 Å². The zero-order valence-corrected chi connectivity index (χ0v) is 18.7. The van der Waals surface area contributed by atoms with Crippen molar-refractivity contribution in [2.45, 2.75) is 26.7 Å². The van der Waals surface area contributed by atoms with Gasteiger partial charge in [0.25, 0.3) is 0 Å². The first-order chi connectivity index (χ1) is 16.2. The minimum Gasteiger partial charge on any atom is -0.263 e. The number of fused-ring (bicyclic) bond motifs is 2. The average Bonchev–Trinajstić information content (AvgIpc) is 2.87. The fraction of sp³-hybridized carbons (Fsp3) is 0.143. The molecule has 0 saturated heterocycles. The minimum absolute atomic E-state index is 0.202. The highest BCUT2D eigenvalue weighted by molar-refractivity contribution is 6.08. The highest BCUT2D eigenvalue weighted by Crippen LogP contribution is 2.22. The zero-order valence-electron chi connectivity index (χ0n) is 18.7. The van der Waals surface area contributed by atoms with Crippen LogP contribution in [0.25, 0.3) is 33.2 Å². The largest absolute Gasteiger partial charge is 0.307 e. The Morgan fingerprint density at radius 1 is 0.727 bits per heavy atom. The Morgan fingerprint density at radius 2 is 1.33 bits per heavy atom. The van der Waals surface area contributed by atoms with Gasteiger partial charge in [0.1, 0.15) is 5.52 Å². The summed E-state index contributed by atoms with van der Waals surface area (Å²) in [4.78, 5) is 22.9. The summed E-state index contributed by atoms with van der Waals surface area (Å²) in [7, 11) is 0. The fourth-order valence-corrected chi connectivity index (χ4v) is 4.16. The summed E-state index contributed by atoms with van der Waals surface area (Å²) in [5.41, 5.74) is 10.9. The molecule has 0 saturated carbocycles. The van der Waals surface area contributed by atoms with Gasteiger partial charge in [-0.3, -0.25) is 4.79 Å². The molecular weight excluding hydrogens is 408 g/mol. The summed E-state index contributed by atoms with van der Waals surface area (Å²) in [5, 5.41) is 0. The average molecular weight is 434 g/mol. The number of aryl methyl sites for hydroxylation is 2. The zero-order chi connectivity index (χ0) is 22.8. The molecule has 2 aromatic heterocycles. The second kappa shape index (κ2) is 8.79. The number of para-hydroxylation sites is 3. The molecule has 1 amide bonds. The number of hydrogen-bond donors (Lipinski definition) is 1. The molecule has 33 heavy (non-hydrogen) atoms. The van der Waals surface area contributed by atoms with E-state index in [9.17, 15) is 4.79 Å². The number of nitrogens with one attached hydrogen (secondary N) is 1. The quantitative estimate of drug-likeness (QED) is 0.304. The first-order valence-corrected chi connectivity index (χ1v) is 11.3. The SMILES string of the molecule is CCc1cc(-c2ccccc2)cc(CC)[n+]1NC(=O)c1cccc2nc3ccccc3nc12. The minimum atomic E-state index is -0.202. The molecule has 1 N–H and O–H groups in total. The van der Waals surface area contributed by atoms with Gasteiger partial charge < -0.3 is 0 Å². The molecule has 0 atom stereocenters. The maximum absolute atomic E-state index is 13.5. The summed E-state index contributed by atoms with van der Waals surface area (Å²) in [6.07, 6.45) is 1.57. The van der Waals surface area contributed by atoms with Crippen molar-refractivity contribution in [3.8, 4) is 11.1 Å². The number of hydrogen-bond acceptors (Lipinski definition) is 3. The van der Waals surface area contributed by atoms with Gasteiger partial charge in [-0.2, -0.15) is 0 Å². The van der Waals surface area contributed by atoms with Crippen molar-refractivity contribution in [3.63, 3.8) is 0 Å². The van der Waals surface area contributed by atoms with Gasteiger partial charge in [0, 0.05) is 25.0 Å². The first-order valence-electron chi connectivity index (χ1n) is 11.3. The topological polar surface area (TPSA) is 58.8 Å². The first kappa shape index (κ1) is 20.8. The molecule has 0 aliphatic rings. The van der Waals surface area contributed by atoms with Crippen LogP contribution in [-0.2, 0) is 12.8 Å². The van der Waals surface area contributed by atoms with Crippen molar-refractivity contribution in [1.29, 1.82) is 0 Å². The van der Waals surface area contributed by atoms with Crippen molar-refractivity contribution in [2.75, 3.05) is 5.43 Å². The highest BCUT2D eigenvalue weighted by atomic mass is 16.2. The normalized spacial score (nSPS) is 11.1. The number of amides is 1. The Morgan fingerprint density at radius 3 is 2.00 bits per heavy atom. The molecule has 0 radical (unpaired) electrons. The molecule has 0 bridgehead atoms. The van der Waals surface area contributed by atoms with E-state index in [-0.39, 0.29) is 5.91 Å². The number of carbonyl (C=O) groups is 1. The van der Waals surface area contributed by atoms with Crippen molar-refractivity contribution in [1.82, 2.24) is 9.97 Å². The van der Waals surface area contributed by atoms with Crippen LogP contribution in [0.1, 0.15) is 35.6 Å². The van der Waals surface area contributed by atoms with Crippen LogP contribution < -0.4 is 10.1 Å². The number of benzene rings is 3. The molecule has 5 nitrogen and oxygen atoms in total. The van der Waals surface area contributed by atoms with Crippen LogP contribution in [0.4, 0.5) is 0 Å². The van der Waals surface area contributed by atoms with E-state index in [1.165, 1.54) is 0 Å². The number of aromatic nitrogens is 3. The Hall–Kier alpha value is -4.12. The molecule has 0 spiro atoms. The van der Waals surface area contributed by atoms with Crippen LogP contribution in [-0.4, -0.2) is 15.9 Å². The number of nitrogens with zero attached hydrogens (tertiary/aromatic N) is 3. The van der Waals surface area contributed by atoms with Crippen LogP contribution >= 0.6 is 0 Å². The monoisotopic (exact) mass is 433 g/mol. The van der Waals surface area contributed by atoms with E-state index in [0.717, 1.165) is 46.4 Å². The lowest BCUT2D eigenvalue weighted by Crippen LogP contribution is -2.54. The van der Waals surface area contributed by atoms with E-state index in [4.69, 9.17) is 9.97 Å². The lowest BCUT2D eigenvalue weighted by molar-refractivity contribution is -0.656. The number of pyridine rings is 1. The van der Waals surface area contributed by atoms with Crippen molar-refractivity contribution in [3.05, 3.63) is 102 Å². The van der Waals surface area contributed by atoms with Crippen LogP contribution in [0.3, 0.4) is 0 Å². The maximum Gasteiger partial charge on any atom is 0.307 e. The molecule has 5 rings (SSSR count). The van der Waals surface area contributed by atoms with Gasteiger partial charge >= 0.3 is 5.91 Å². The van der Waals surface area contributed by atoms with Crippen LogP contribution in [0.2, 0.25) is 0 Å². The lowest BCUT2D eigenvalue weighted by Gasteiger charge is -2.11. The van der Waals surface area contributed by atoms with Gasteiger partial charge in [-0.05, 0) is 35.4 Å². The third-order valence-corrected chi connectivity index (χ3v) is 5.88. The molecule has 0 aliphatic carbocycles. The standard InChI is InChI=1S/C28H24N4O/c1-3-21-17-20(19-11-6-5-7-12-19)18-22(4-2)32(21)31-28(33)23-13-10-16-26-27(23)30-25-15-9-8-14-24(25)29-26/h5-18H,3-4H2,1-2H3/p+1. The molecule has 5 aromatic rings. The molecule has 0 aliphatic heterocycles. The van der Waals surface area contributed by atoms with Crippen LogP contribution in [0.5, 0.6) is 0 Å². The van der Waals surface area contributed by atoms with E-state index in [0.29, 0.717) is 16.6 Å². The fourth-order valence-electron chi connectivity index (χ4n) is 4.16. The van der Waals surface area contributed by atoms with Gasteiger partial charge in [0.15, 0.2) is 0 Å². The van der Waals surface area contributed by atoms with Crippen molar-refractivity contribution < 1.29 is 9.47 Å². The smallest absolute Gasteiger partial charge is 0.263 e. The predicted molar refractivity (Wildman–Crippen MR) is 132 cm³/mol. The number of carbonyl (C=O) groups excluding carboxylic acids is 1. The summed E-state index contributed by atoms with van der Waals surface area (Å²) in [6.45, 7) is 4.20. The molecule has 0 unspecified atom stereocenters. The predicted octanol–water partition coefficient (Wildman–Crippen LogP) is 5.25. The Labute approximate surface area is 192 Å². The third-order valence-electron chi connectivity index (χ3n) is 5.88. The van der Waals surface area contributed by atoms with Gasteiger partial charge in [-0.15, -0.1) is 5.43 Å². The second-order valence-corrected chi connectivity index (χ2v) is 7.96. The summed E-state index contributed by atoms with van der Waals surface area (Å²) in [6, 6.07) is 27.9. The van der Waals surface area contributed by atoms with Gasteiger partial charge in [-0.25, -0.2) is 9.97 Å². The Balaban J connectivity index is 1.57. The Bertz CT molecular complexity index is 1450. The summed E-state index contributed by atoms with van der Waals surface area (Å²) >= 11 is 0. The van der Waals surface area contributed by atoms with Gasteiger partial charge in [-0.1, -0.05) is 67.1 Å². The third kappa shape index (κ3) is 3.94. The summed E-state index contributed by atoms with van der Waals surface area (Å²) in [5.74, 6) is -0.202. The molecule has 162 valence electrons. The molecule has 2 heterocycles. The highest BCUT2D eigenvalue weighted by Gasteiger charge is 2.23. The summed E-state index contributed by atoms with van der Waals surface area (Å²) < 4.78 is 1.92. The van der Waals surface area contributed by atoms with E-state index >= 15 is 0 Å². The molecular formula is C28H25N4O+. The molecule has 0 fully saturated rings. The molecule has 5 heteroatoms. The van der Waals surface area contributed by atoms with E-state index in [1.807, 2.05) is 59.3 Å². The molecule has 3 aromatic carbocycles. The van der Waals surface area contributed by atoms with Crippen LogP contribution in [0.15, 0.2) is 84.9 Å². The van der Waals surface area contributed by atoms with Gasteiger partial charge in [0.05, 0.1) is 22.1 Å². The lowest BCUT2D eigenvalue weighted by atomic mass is 10.0. The van der Waals surface area contributed by atoms with E-state index in [2.05, 4.69) is 43.5 Å².